The van der Waals surface area contributed by atoms with Crippen molar-refractivity contribution in [3.8, 4) is 0 Å². The van der Waals surface area contributed by atoms with Crippen LogP contribution in [-0.2, 0) is 4.79 Å². The zero-order valence-corrected chi connectivity index (χ0v) is 11.6. The fourth-order valence-corrected chi connectivity index (χ4v) is 2.21. The topological polar surface area (TPSA) is 74.3 Å². The van der Waals surface area contributed by atoms with Crippen molar-refractivity contribution in [3.63, 3.8) is 0 Å². The van der Waals surface area contributed by atoms with Gasteiger partial charge >= 0.3 is 12.2 Å². The molecule has 3 amide bonds. The predicted octanol–water partition coefficient (Wildman–Crippen LogP) is 1.76. The van der Waals surface area contributed by atoms with Gasteiger partial charge in [-0.05, 0) is 25.0 Å². The number of piperidine rings is 1. The van der Waals surface area contributed by atoms with Crippen molar-refractivity contribution in [2.75, 3.05) is 18.4 Å². The third-order valence-corrected chi connectivity index (χ3v) is 3.13. The zero-order valence-electron chi connectivity index (χ0n) is 11.6. The van der Waals surface area contributed by atoms with Gasteiger partial charge in [0.25, 0.3) is 0 Å². The first-order valence-electron chi connectivity index (χ1n) is 6.68. The van der Waals surface area contributed by atoms with Gasteiger partial charge in [-0.15, -0.1) is 0 Å². The molecule has 0 saturated carbocycles. The minimum atomic E-state index is -4.45. The smallest absolute Gasteiger partial charge is 0.332 e. The molecule has 1 aromatic rings. The summed E-state index contributed by atoms with van der Waals surface area (Å²) in [5, 5.41) is 4.86. The number of carbonyl (C=O) groups is 2. The average Bonchev–Trinajstić information content (AvgIpc) is 2.43. The number of likely N-dealkylation sites (tertiary alicyclic amines) is 1. The van der Waals surface area contributed by atoms with E-state index < -0.39 is 30.7 Å². The number of halogens is 3. The Morgan fingerprint density at radius 1 is 1.45 bits per heavy atom. The first-order valence-corrected chi connectivity index (χ1v) is 6.68. The van der Waals surface area contributed by atoms with E-state index in [-0.39, 0.29) is 6.54 Å². The van der Waals surface area contributed by atoms with Crippen LogP contribution in [0.5, 0.6) is 0 Å². The van der Waals surface area contributed by atoms with Gasteiger partial charge in [-0.1, -0.05) is 0 Å². The molecule has 1 atom stereocenters. The van der Waals surface area contributed by atoms with E-state index in [9.17, 15) is 22.8 Å². The minimum Gasteiger partial charge on any atom is -0.332 e. The molecule has 1 aliphatic rings. The minimum absolute atomic E-state index is 0.0424. The van der Waals surface area contributed by atoms with Crippen LogP contribution >= 0.6 is 0 Å². The third-order valence-electron chi connectivity index (χ3n) is 3.13. The van der Waals surface area contributed by atoms with Crippen LogP contribution in [0.2, 0.25) is 0 Å². The second-order valence-corrected chi connectivity index (χ2v) is 4.91. The van der Waals surface area contributed by atoms with Gasteiger partial charge in [0.15, 0.2) is 0 Å². The van der Waals surface area contributed by atoms with Gasteiger partial charge in [0.1, 0.15) is 12.6 Å². The molecule has 0 radical (unpaired) electrons. The molecule has 0 aromatic carbocycles. The summed E-state index contributed by atoms with van der Waals surface area (Å²) in [5.74, 6) is -0.718. The molecule has 0 bridgehead atoms. The van der Waals surface area contributed by atoms with Crippen molar-refractivity contribution in [3.05, 3.63) is 24.5 Å². The van der Waals surface area contributed by atoms with Crippen molar-refractivity contribution in [1.82, 2.24) is 15.2 Å². The Labute approximate surface area is 124 Å². The molecule has 2 rings (SSSR count). The summed E-state index contributed by atoms with van der Waals surface area (Å²) in [6.07, 6.45) is -0.788. The number of anilines is 1. The maximum atomic E-state index is 12.4. The molecule has 0 aliphatic carbocycles. The van der Waals surface area contributed by atoms with Crippen LogP contribution < -0.4 is 10.6 Å². The van der Waals surface area contributed by atoms with E-state index in [1.54, 1.807) is 12.1 Å². The van der Waals surface area contributed by atoms with E-state index >= 15 is 0 Å². The van der Waals surface area contributed by atoms with Crippen molar-refractivity contribution in [1.29, 1.82) is 0 Å². The second-order valence-electron chi connectivity index (χ2n) is 4.91. The molecule has 2 N–H and O–H groups in total. The highest BCUT2D eigenvalue weighted by Gasteiger charge is 2.37. The lowest BCUT2D eigenvalue weighted by atomic mass is 10.0. The molecule has 1 aromatic heterocycles. The van der Waals surface area contributed by atoms with E-state index in [2.05, 4.69) is 15.6 Å². The Hall–Kier alpha value is -2.32. The fourth-order valence-electron chi connectivity index (χ4n) is 2.21. The van der Waals surface area contributed by atoms with Gasteiger partial charge in [-0.3, -0.25) is 9.78 Å². The normalized spacial score (nSPS) is 19.0. The molecule has 22 heavy (non-hydrogen) atoms. The lowest BCUT2D eigenvalue weighted by molar-refractivity contribution is -0.164. The number of carbonyl (C=O) groups excluding carboxylic acids is 2. The van der Waals surface area contributed by atoms with Crippen LogP contribution in [0.4, 0.5) is 23.7 Å². The highest BCUT2D eigenvalue weighted by molar-refractivity contribution is 5.93. The zero-order chi connectivity index (χ0) is 16.2. The van der Waals surface area contributed by atoms with Gasteiger partial charge in [0, 0.05) is 12.7 Å². The number of nitrogens with zero attached hydrogens (tertiary/aromatic N) is 2. The monoisotopic (exact) mass is 316 g/mol. The highest BCUT2D eigenvalue weighted by Crippen LogP contribution is 2.20. The van der Waals surface area contributed by atoms with E-state index in [1.807, 2.05) is 0 Å². The lowest BCUT2D eigenvalue weighted by Gasteiger charge is -2.33. The standard InChI is InChI=1S/C13H15F3N4O2/c14-13(15,16)8-20-6-2-4-10(11(20)21)19-12(22)18-9-3-1-5-17-7-9/h1,3,5,7,10H,2,4,6,8H2,(H2,18,19,22). The maximum Gasteiger partial charge on any atom is 0.406 e. The Kier molecular flexibility index (Phi) is 4.84. The van der Waals surface area contributed by atoms with Gasteiger partial charge in [-0.25, -0.2) is 4.79 Å². The Bertz CT molecular complexity index is 536. The molecule has 120 valence electrons. The van der Waals surface area contributed by atoms with Gasteiger partial charge in [0.2, 0.25) is 5.91 Å². The Morgan fingerprint density at radius 2 is 2.23 bits per heavy atom. The number of hydrogen-bond donors (Lipinski definition) is 2. The van der Waals surface area contributed by atoms with E-state index in [0.717, 1.165) is 4.90 Å². The molecular formula is C13H15F3N4O2. The largest absolute Gasteiger partial charge is 0.406 e. The SMILES string of the molecule is O=C(Nc1cccnc1)NC1CCCN(CC(F)(F)F)C1=O. The molecule has 2 heterocycles. The molecule has 1 unspecified atom stereocenters. The maximum absolute atomic E-state index is 12.4. The summed E-state index contributed by atoms with van der Waals surface area (Å²) in [5.41, 5.74) is 0.426. The molecular weight excluding hydrogens is 301 g/mol. The van der Waals surface area contributed by atoms with Crippen LogP contribution in [-0.4, -0.2) is 47.1 Å². The summed E-state index contributed by atoms with van der Waals surface area (Å²) in [4.78, 5) is 28.3. The molecule has 1 aliphatic heterocycles. The van der Waals surface area contributed by atoms with E-state index in [4.69, 9.17) is 0 Å². The number of alkyl halides is 3. The summed E-state index contributed by atoms with van der Waals surface area (Å²) in [6.45, 7) is -1.25. The Morgan fingerprint density at radius 3 is 2.86 bits per heavy atom. The molecule has 9 heteroatoms. The average molecular weight is 316 g/mol. The third kappa shape index (κ3) is 4.61. The molecule has 0 spiro atoms. The van der Waals surface area contributed by atoms with E-state index in [1.165, 1.54) is 12.4 Å². The summed E-state index contributed by atoms with van der Waals surface area (Å²) < 4.78 is 37.2. The van der Waals surface area contributed by atoms with Crippen molar-refractivity contribution < 1.29 is 22.8 Å². The van der Waals surface area contributed by atoms with Crippen molar-refractivity contribution >= 4 is 17.6 Å². The fraction of sp³-hybridized carbons (Fsp3) is 0.462. The van der Waals surface area contributed by atoms with E-state index in [0.29, 0.717) is 18.5 Å². The summed E-state index contributed by atoms with van der Waals surface area (Å²) >= 11 is 0. The van der Waals surface area contributed by atoms with Crippen molar-refractivity contribution in [2.45, 2.75) is 25.1 Å². The number of hydrogen-bond acceptors (Lipinski definition) is 3. The number of nitrogens with one attached hydrogen (secondary N) is 2. The number of urea groups is 1. The first kappa shape index (κ1) is 16.1. The van der Waals surface area contributed by atoms with Crippen LogP contribution in [0.25, 0.3) is 0 Å². The lowest BCUT2D eigenvalue weighted by Crippen LogP contribution is -2.54. The number of pyridine rings is 1. The molecule has 1 fully saturated rings. The van der Waals surface area contributed by atoms with Crippen LogP contribution in [0.1, 0.15) is 12.8 Å². The summed E-state index contributed by atoms with van der Waals surface area (Å²) in [6, 6.07) is 1.62. The number of aromatic nitrogens is 1. The van der Waals surface area contributed by atoms with Gasteiger partial charge in [0.05, 0.1) is 11.9 Å². The highest BCUT2D eigenvalue weighted by atomic mass is 19.4. The Balaban J connectivity index is 1.91. The van der Waals surface area contributed by atoms with Crippen molar-refractivity contribution in [2.24, 2.45) is 0 Å². The van der Waals surface area contributed by atoms with Crippen LogP contribution in [0, 0.1) is 0 Å². The van der Waals surface area contributed by atoms with Crippen LogP contribution in [0.3, 0.4) is 0 Å². The predicted molar refractivity (Wildman–Crippen MR) is 72.0 cm³/mol. The molecule has 1 saturated heterocycles. The van der Waals surface area contributed by atoms with Gasteiger partial charge < -0.3 is 15.5 Å². The number of amides is 3. The summed E-state index contributed by atoms with van der Waals surface area (Å²) in [7, 11) is 0. The second kappa shape index (κ2) is 6.63. The molecule has 6 nitrogen and oxygen atoms in total. The quantitative estimate of drug-likeness (QED) is 0.892. The first-order chi connectivity index (χ1) is 10.3. The van der Waals surface area contributed by atoms with Crippen LogP contribution in [0.15, 0.2) is 24.5 Å². The number of rotatable bonds is 3. The van der Waals surface area contributed by atoms with Gasteiger partial charge in [-0.2, -0.15) is 13.2 Å².